The molecule has 1 aliphatic rings. The predicted octanol–water partition coefficient (Wildman–Crippen LogP) is 3.89. The number of hydrogen-bond donors (Lipinski definition) is 1. The lowest BCUT2D eigenvalue weighted by atomic mass is 9.90. The van der Waals surface area contributed by atoms with Crippen molar-refractivity contribution in [2.45, 2.75) is 45.2 Å². The Morgan fingerprint density at radius 3 is 2.50 bits per heavy atom. The lowest BCUT2D eigenvalue weighted by Gasteiger charge is -2.32. The molecule has 1 N–H and O–H groups in total. The van der Waals surface area contributed by atoms with E-state index >= 15 is 0 Å². The molecule has 1 aromatic heterocycles. The van der Waals surface area contributed by atoms with Gasteiger partial charge in [0, 0.05) is 11.0 Å². The van der Waals surface area contributed by atoms with Crippen LogP contribution in [0, 0.1) is 5.92 Å². The fourth-order valence-electron chi connectivity index (χ4n) is 4.68. The number of aromatic nitrogens is 3. The normalized spacial score (nSPS) is 15.0. The molecule has 0 radical (unpaired) electrons. The van der Waals surface area contributed by atoms with Gasteiger partial charge in [-0.05, 0) is 87.0 Å². The van der Waals surface area contributed by atoms with Crippen molar-refractivity contribution in [1.29, 1.82) is 0 Å². The standard InChI is InChI=1S/C26H33BrN4O3/c1-34-23-9-10-24(27)22(18-23)17-20-11-15-29(16-12-20)13-5-6-14-31-26(33)30(25(32)28-31)19-21-7-3-2-4-8-21/h2-4,7-10,18,20H,5-6,11-17,19H2,1H3,(H,28,32). The van der Waals surface area contributed by atoms with E-state index in [0.29, 0.717) is 19.0 Å². The number of halogens is 1. The molecule has 0 amide bonds. The molecule has 0 spiro atoms. The molecule has 182 valence electrons. The van der Waals surface area contributed by atoms with Gasteiger partial charge >= 0.3 is 11.4 Å². The van der Waals surface area contributed by atoms with Gasteiger partial charge in [0.05, 0.1) is 13.7 Å². The van der Waals surface area contributed by atoms with Crippen LogP contribution in [0.1, 0.15) is 36.8 Å². The van der Waals surface area contributed by atoms with Crippen LogP contribution in [0.5, 0.6) is 5.75 Å². The molecule has 0 saturated carbocycles. The van der Waals surface area contributed by atoms with E-state index in [-0.39, 0.29) is 11.4 Å². The van der Waals surface area contributed by atoms with Gasteiger partial charge in [-0.3, -0.25) is 0 Å². The maximum Gasteiger partial charge on any atom is 0.347 e. The van der Waals surface area contributed by atoms with E-state index in [0.717, 1.165) is 54.7 Å². The van der Waals surface area contributed by atoms with Gasteiger partial charge in [0.25, 0.3) is 0 Å². The Labute approximate surface area is 208 Å². The molecule has 8 heteroatoms. The van der Waals surface area contributed by atoms with Gasteiger partial charge in [-0.15, -0.1) is 0 Å². The highest BCUT2D eigenvalue weighted by atomic mass is 79.9. The number of benzene rings is 2. The van der Waals surface area contributed by atoms with Crippen molar-refractivity contribution in [2.24, 2.45) is 5.92 Å². The Morgan fingerprint density at radius 2 is 1.76 bits per heavy atom. The third-order valence-corrected chi connectivity index (χ3v) is 7.47. The van der Waals surface area contributed by atoms with Crippen molar-refractivity contribution in [3.63, 3.8) is 0 Å². The molecule has 0 bridgehead atoms. The van der Waals surface area contributed by atoms with Crippen LogP contribution in [0.15, 0.2) is 62.6 Å². The topological polar surface area (TPSA) is 72.3 Å². The van der Waals surface area contributed by atoms with Gasteiger partial charge in [-0.25, -0.2) is 23.9 Å². The number of H-pyrrole nitrogens is 1. The molecule has 2 heterocycles. The number of rotatable bonds is 10. The van der Waals surface area contributed by atoms with Gasteiger partial charge in [0.2, 0.25) is 0 Å². The molecule has 2 aromatic carbocycles. The van der Waals surface area contributed by atoms with Crippen LogP contribution >= 0.6 is 15.9 Å². The minimum Gasteiger partial charge on any atom is -0.497 e. The third-order valence-electron chi connectivity index (χ3n) is 6.70. The van der Waals surface area contributed by atoms with Crippen molar-refractivity contribution in [3.8, 4) is 5.75 Å². The van der Waals surface area contributed by atoms with E-state index in [1.165, 1.54) is 27.7 Å². The van der Waals surface area contributed by atoms with Crippen molar-refractivity contribution in [3.05, 3.63) is 85.1 Å². The van der Waals surface area contributed by atoms with Gasteiger partial charge in [-0.1, -0.05) is 46.3 Å². The predicted molar refractivity (Wildman–Crippen MR) is 138 cm³/mol. The van der Waals surface area contributed by atoms with Gasteiger partial charge < -0.3 is 9.64 Å². The SMILES string of the molecule is COc1ccc(Br)c(CC2CCN(CCCCn3[nH]c(=O)n(Cc4ccccc4)c3=O)CC2)c1. The second-order valence-corrected chi connectivity index (χ2v) is 9.93. The van der Waals surface area contributed by atoms with Gasteiger partial charge in [0.1, 0.15) is 5.75 Å². The van der Waals surface area contributed by atoms with Crippen LogP contribution in [0.2, 0.25) is 0 Å². The highest BCUT2D eigenvalue weighted by Crippen LogP contribution is 2.28. The van der Waals surface area contributed by atoms with E-state index in [2.05, 4.69) is 38.1 Å². The van der Waals surface area contributed by atoms with Crippen molar-refractivity contribution in [1.82, 2.24) is 19.2 Å². The number of unbranched alkanes of at least 4 members (excludes halogenated alkanes) is 1. The summed E-state index contributed by atoms with van der Waals surface area (Å²) in [6.45, 7) is 4.08. The monoisotopic (exact) mass is 528 g/mol. The highest BCUT2D eigenvalue weighted by Gasteiger charge is 2.20. The van der Waals surface area contributed by atoms with Crippen LogP contribution in [-0.2, 0) is 19.5 Å². The Balaban J connectivity index is 1.20. The molecule has 0 unspecified atom stereocenters. The quantitative estimate of drug-likeness (QED) is 0.405. The van der Waals surface area contributed by atoms with Crippen LogP contribution in [0.25, 0.3) is 0 Å². The molecule has 0 atom stereocenters. The average molecular weight is 529 g/mol. The van der Waals surface area contributed by atoms with Crippen LogP contribution in [0.3, 0.4) is 0 Å². The molecule has 7 nitrogen and oxygen atoms in total. The summed E-state index contributed by atoms with van der Waals surface area (Å²) in [5.41, 5.74) is 1.64. The van der Waals surface area contributed by atoms with E-state index in [1.807, 2.05) is 36.4 Å². The number of nitrogens with one attached hydrogen (secondary N) is 1. The summed E-state index contributed by atoms with van der Waals surface area (Å²) in [4.78, 5) is 27.4. The largest absolute Gasteiger partial charge is 0.497 e. The third kappa shape index (κ3) is 6.30. The highest BCUT2D eigenvalue weighted by molar-refractivity contribution is 9.10. The zero-order valence-corrected chi connectivity index (χ0v) is 21.3. The van der Waals surface area contributed by atoms with Crippen LogP contribution in [0.4, 0.5) is 0 Å². The molecule has 1 fully saturated rings. The summed E-state index contributed by atoms with van der Waals surface area (Å²) in [7, 11) is 1.71. The maximum absolute atomic E-state index is 12.6. The minimum atomic E-state index is -0.349. The number of aromatic amines is 1. The number of likely N-dealkylation sites (tertiary alicyclic amines) is 1. The Morgan fingerprint density at radius 1 is 1.03 bits per heavy atom. The first-order valence-electron chi connectivity index (χ1n) is 12.0. The van der Waals surface area contributed by atoms with Crippen molar-refractivity contribution in [2.75, 3.05) is 26.7 Å². The number of nitrogens with zero attached hydrogens (tertiary/aromatic N) is 3. The summed E-state index contributed by atoms with van der Waals surface area (Å²) in [5, 5.41) is 2.70. The second-order valence-electron chi connectivity index (χ2n) is 9.08. The first-order chi connectivity index (χ1) is 16.5. The number of ether oxygens (including phenoxy) is 1. The fraction of sp³-hybridized carbons (Fsp3) is 0.462. The van der Waals surface area contributed by atoms with Gasteiger partial charge in [0.15, 0.2) is 0 Å². The lowest BCUT2D eigenvalue weighted by molar-refractivity contribution is 0.180. The molecule has 1 aliphatic heterocycles. The van der Waals surface area contributed by atoms with E-state index in [1.54, 1.807) is 7.11 Å². The zero-order chi connectivity index (χ0) is 23.9. The Kier molecular flexibility index (Phi) is 8.45. The Hall–Kier alpha value is -2.58. The van der Waals surface area contributed by atoms with E-state index in [9.17, 15) is 9.59 Å². The summed E-state index contributed by atoms with van der Waals surface area (Å²) < 4.78 is 9.24. The van der Waals surface area contributed by atoms with Crippen LogP contribution in [-0.4, -0.2) is 46.0 Å². The number of aryl methyl sites for hydroxylation is 1. The molecule has 0 aliphatic carbocycles. The minimum absolute atomic E-state index is 0.265. The number of methoxy groups -OCH3 is 1. The fourth-order valence-corrected chi connectivity index (χ4v) is 5.09. The van der Waals surface area contributed by atoms with Crippen LogP contribution < -0.4 is 16.1 Å². The molecule has 3 aromatic rings. The summed E-state index contributed by atoms with van der Waals surface area (Å²) in [6, 6.07) is 15.8. The first-order valence-corrected chi connectivity index (χ1v) is 12.8. The number of hydrogen-bond acceptors (Lipinski definition) is 4. The van der Waals surface area contributed by atoms with Crippen molar-refractivity contribution < 1.29 is 4.74 Å². The Bertz CT molecular complexity index is 1180. The molecular weight excluding hydrogens is 496 g/mol. The summed E-state index contributed by atoms with van der Waals surface area (Å²) >= 11 is 3.67. The summed E-state index contributed by atoms with van der Waals surface area (Å²) in [6.07, 6.45) is 5.33. The average Bonchev–Trinajstić information content (AvgIpc) is 3.12. The smallest absolute Gasteiger partial charge is 0.347 e. The van der Waals surface area contributed by atoms with E-state index in [4.69, 9.17) is 4.74 Å². The van der Waals surface area contributed by atoms with E-state index < -0.39 is 0 Å². The molecular formula is C26H33BrN4O3. The first kappa shape index (κ1) is 24.5. The maximum atomic E-state index is 12.6. The van der Waals surface area contributed by atoms with Crippen molar-refractivity contribution >= 4 is 15.9 Å². The zero-order valence-electron chi connectivity index (χ0n) is 19.7. The lowest BCUT2D eigenvalue weighted by Crippen LogP contribution is -2.35. The molecule has 1 saturated heterocycles. The summed E-state index contributed by atoms with van der Waals surface area (Å²) in [5.74, 6) is 1.60. The molecule has 34 heavy (non-hydrogen) atoms. The molecule has 4 rings (SSSR count). The van der Waals surface area contributed by atoms with Gasteiger partial charge in [-0.2, -0.15) is 0 Å². The number of piperidine rings is 1. The second kappa shape index (κ2) is 11.7.